The van der Waals surface area contributed by atoms with Gasteiger partial charge in [-0.1, -0.05) is 32.9 Å². The number of benzene rings is 1. The molecule has 0 N–H and O–H groups in total. The highest BCUT2D eigenvalue weighted by Crippen LogP contribution is 2.39. The van der Waals surface area contributed by atoms with Crippen molar-refractivity contribution < 1.29 is 45.0 Å². The van der Waals surface area contributed by atoms with Crippen LogP contribution in [-0.2, 0) is 14.9 Å². The Bertz CT molecular complexity index is 667. The zero-order valence-corrected chi connectivity index (χ0v) is 16.2. The Morgan fingerprint density at radius 3 is 1.93 bits per heavy atom. The van der Waals surface area contributed by atoms with Gasteiger partial charge in [0.1, 0.15) is 12.2 Å². The Labute approximate surface area is 164 Å². The van der Waals surface area contributed by atoms with Crippen LogP contribution in [0, 0.1) is 0 Å². The van der Waals surface area contributed by atoms with Crippen LogP contribution in [0.4, 0.5) is 30.7 Å². The van der Waals surface area contributed by atoms with Gasteiger partial charge in [0.25, 0.3) is 11.8 Å². The molecule has 29 heavy (non-hydrogen) atoms. The minimum Gasteiger partial charge on any atom is -0.482 e. The molecule has 0 fully saturated rings. The number of hydrogen-bond acceptors (Lipinski definition) is 3. The summed E-state index contributed by atoms with van der Waals surface area (Å²) < 4.78 is 98.3. The van der Waals surface area contributed by atoms with Gasteiger partial charge in [-0.2, -0.15) is 13.2 Å². The van der Waals surface area contributed by atoms with Crippen LogP contribution < -0.4 is 4.74 Å². The third-order valence-electron chi connectivity index (χ3n) is 4.30. The Hall–Kier alpha value is -2.00. The van der Waals surface area contributed by atoms with Crippen molar-refractivity contribution in [3.63, 3.8) is 0 Å². The number of carbonyl (C=O) groups is 1. The van der Waals surface area contributed by atoms with Gasteiger partial charge < -0.3 is 9.47 Å². The van der Waals surface area contributed by atoms with E-state index in [9.17, 15) is 35.5 Å². The van der Waals surface area contributed by atoms with E-state index in [1.807, 2.05) is 20.8 Å². The fraction of sp³-hybridized carbons (Fsp3) is 0.632. The van der Waals surface area contributed by atoms with Crippen molar-refractivity contribution in [2.24, 2.45) is 0 Å². The van der Waals surface area contributed by atoms with Crippen molar-refractivity contribution in [3.05, 3.63) is 29.8 Å². The maximum atomic E-state index is 13.4. The maximum absolute atomic E-state index is 13.4. The second-order valence-electron chi connectivity index (χ2n) is 7.39. The molecule has 0 bridgehead atoms. The average molecular weight is 432 g/mol. The van der Waals surface area contributed by atoms with Gasteiger partial charge in [0.2, 0.25) is 0 Å². The zero-order chi connectivity index (χ0) is 22.5. The number of rotatable bonds is 10. The number of hydrogen-bond donors (Lipinski definition) is 0. The maximum Gasteiger partial charge on any atom is 0.394 e. The lowest BCUT2D eigenvalue weighted by Crippen LogP contribution is -2.37. The summed E-state index contributed by atoms with van der Waals surface area (Å²) in [6.07, 6.45) is -9.48. The van der Waals surface area contributed by atoms with E-state index in [2.05, 4.69) is 4.74 Å². The fourth-order valence-electron chi connectivity index (χ4n) is 2.36. The summed E-state index contributed by atoms with van der Waals surface area (Å²) >= 11 is 0. The van der Waals surface area contributed by atoms with E-state index < -0.39 is 50.0 Å². The highest BCUT2D eigenvalue weighted by Gasteiger charge is 2.50. The monoisotopic (exact) mass is 432 g/mol. The second kappa shape index (κ2) is 9.21. The van der Waals surface area contributed by atoms with Crippen LogP contribution in [0.3, 0.4) is 0 Å². The SMILES string of the molecule is CCC(C)(C)c1ccc(OCC(=O)OCC(F)(F)CC(F)(F)CC(F)(F)F)cc1. The number of halogens is 7. The molecule has 0 spiro atoms. The molecule has 3 nitrogen and oxygen atoms in total. The van der Waals surface area contributed by atoms with Crippen LogP contribution in [0.15, 0.2) is 24.3 Å². The Morgan fingerprint density at radius 1 is 0.897 bits per heavy atom. The largest absolute Gasteiger partial charge is 0.482 e. The van der Waals surface area contributed by atoms with Crippen molar-refractivity contribution in [1.82, 2.24) is 0 Å². The Balaban J connectivity index is 2.50. The molecule has 0 amide bonds. The molecule has 0 aliphatic heterocycles. The van der Waals surface area contributed by atoms with Gasteiger partial charge in [-0.25, -0.2) is 22.4 Å². The van der Waals surface area contributed by atoms with E-state index >= 15 is 0 Å². The number of alkyl halides is 7. The molecule has 0 aromatic heterocycles. The second-order valence-corrected chi connectivity index (χ2v) is 7.39. The molecule has 0 saturated heterocycles. The van der Waals surface area contributed by atoms with Crippen molar-refractivity contribution in [3.8, 4) is 5.75 Å². The third-order valence-corrected chi connectivity index (χ3v) is 4.30. The molecular formula is C19H23F7O3. The first kappa shape index (κ1) is 25.0. The van der Waals surface area contributed by atoms with E-state index in [0.717, 1.165) is 12.0 Å². The first-order chi connectivity index (χ1) is 13.1. The number of esters is 1. The lowest BCUT2D eigenvalue weighted by molar-refractivity contribution is -0.212. The smallest absolute Gasteiger partial charge is 0.394 e. The van der Waals surface area contributed by atoms with Gasteiger partial charge in [0.05, 0.1) is 6.42 Å². The zero-order valence-electron chi connectivity index (χ0n) is 16.2. The summed E-state index contributed by atoms with van der Waals surface area (Å²) in [6, 6.07) is 6.71. The van der Waals surface area contributed by atoms with Crippen LogP contribution >= 0.6 is 0 Å². The summed E-state index contributed by atoms with van der Waals surface area (Å²) in [5.74, 6) is -10.0. The van der Waals surface area contributed by atoms with Crippen LogP contribution in [0.25, 0.3) is 0 Å². The summed E-state index contributed by atoms with van der Waals surface area (Å²) in [4.78, 5) is 11.5. The van der Waals surface area contributed by atoms with Gasteiger partial charge in [-0.05, 0) is 29.5 Å². The van der Waals surface area contributed by atoms with Gasteiger partial charge in [-0.3, -0.25) is 0 Å². The first-order valence-electron chi connectivity index (χ1n) is 8.77. The van der Waals surface area contributed by atoms with Crippen molar-refractivity contribution >= 4 is 5.97 Å². The minimum atomic E-state index is -5.30. The molecule has 1 rings (SSSR count). The molecule has 0 heterocycles. The molecule has 0 atom stereocenters. The quantitative estimate of drug-likeness (QED) is 0.341. The molecule has 10 heteroatoms. The molecule has 0 aliphatic rings. The molecule has 1 aromatic rings. The Morgan fingerprint density at radius 2 is 1.45 bits per heavy atom. The fourth-order valence-corrected chi connectivity index (χ4v) is 2.36. The molecule has 0 saturated carbocycles. The predicted molar refractivity (Wildman–Crippen MR) is 91.4 cm³/mol. The highest BCUT2D eigenvalue weighted by atomic mass is 19.4. The number of carbonyl (C=O) groups excluding carboxylic acids is 1. The first-order valence-corrected chi connectivity index (χ1v) is 8.77. The molecule has 166 valence electrons. The lowest BCUT2D eigenvalue weighted by Gasteiger charge is -2.24. The van der Waals surface area contributed by atoms with Crippen molar-refractivity contribution in [1.29, 1.82) is 0 Å². The minimum absolute atomic E-state index is 0.0722. The van der Waals surface area contributed by atoms with Crippen LogP contribution in [0.1, 0.15) is 45.6 Å². The van der Waals surface area contributed by atoms with Crippen molar-refractivity contribution in [2.75, 3.05) is 13.2 Å². The molecule has 0 unspecified atom stereocenters. The summed E-state index contributed by atoms with van der Waals surface area (Å²) in [5, 5.41) is 0. The average Bonchev–Trinajstić information content (AvgIpc) is 2.55. The summed E-state index contributed by atoms with van der Waals surface area (Å²) in [6.45, 7) is 3.57. The van der Waals surface area contributed by atoms with E-state index in [-0.39, 0.29) is 11.2 Å². The van der Waals surface area contributed by atoms with Crippen LogP contribution in [0.2, 0.25) is 0 Å². The van der Waals surface area contributed by atoms with E-state index in [1.54, 1.807) is 24.3 Å². The highest BCUT2D eigenvalue weighted by molar-refractivity contribution is 5.71. The summed E-state index contributed by atoms with van der Waals surface area (Å²) in [5.41, 5.74) is 0.950. The van der Waals surface area contributed by atoms with Crippen LogP contribution in [-0.4, -0.2) is 37.2 Å². The van der Waals surface area contributed by atoms with Crippen LogP contribution in [0.5, 0.6) is 5.75 Å². The Kier molecular flexibility index (Phi) is 7.95. The standard InChI is InChI=1S/C19H23F7O3/c1-4-16(2,3)13-5-7-14(8-6-13)28-9-15(27)29-12-18(22,23)10-17(20,21)11-19(24,25)26/h5-8H,4,9-12H2,1-3H3. The molecular weight excluding hydrogens is 409 g/mol. The van der Waals surface area contributed by atoms with E-state index in [0.29, 0.717) is 0 Å². The van der Waals surface area contributed by atoms with Gasteiger partial charge >= 0.3 is 12.1 Å². The van der Waals surface area contributed by atoms with E-state index in [4.69, 9.17) is 4.74 Å². The topological polar surface area (TPSA) is 35.5 Å². The predicted octanol–water partition coefficient (Wildman–Crippen LogP) is 5.91. The van der Waals surface area contributed by atoms with Gasteiger partial charge in [0, 0.05) is 0 Å². The number of ether oxygens (including phenoxy) is 2. The molecule has 0 aliphatic carbocycles. The van der Waals surface area contributed by atoms with Gasteiger partial charge in [0.15, 0.2) is 13.2 Å². The third kappa shape index (κ3) is 9.36. The van der Waals surface area contributed by atoms with Crippen molar-refractivity contribution in [2.45, 2.75) is 63.5 Å². The normalized spacial score (nSPS) is 13.3. The van der Waals surface area contributed by atoms with Gasteiger partial charge in [-0.15, -0.1) is 0 Å². The lowest BCUT2D eigenvalue weighted by atomic mass is 9.82. The summed E-state index contributed by atoms with van der Waals surface area (Å²) in [7, 11) is 0. The molecule has 1 aromatic carbocycles. The molecule has 0 radical (unpaired) electrons. The van der Waals surface area contributed by atoms with E-state index in [1.165, 1.54) is 0 Å².